The molecule has 2 aliphatic heterocycles. The fourth-order valence-electron chi connectivity index (χ4n) is 5.50. The molecule has 10 nitrogen and oxygen atoms in total. The number of halogens is 3. The van der Waals surface area contributed by atoms with Gasteiger partial charge in [0.15, 0.2) is 5.03 Å². The molecule has 1 aliphatic carbocycles. The van der Waals surface area contributed by atoms with E-state index in [-0.39, 0.29) is 55.4 Å². The Morgan fingerprint density at radius 3 is 2.24 bits per heavy atom. The number of hydrogen-bond donors (Lipinski definition) is 1. The Balaban J connectivity index is 1.39. The number of fused-ring (bicyclic) bond motifs is 1. The maximum atomic E-state index is 14.2. The van der Waals surface area contributed by atoms with Crippen LogP contribution in [0.1, 0.15) is 25.3 Å². The molecule has 0 spiro atoms. The van der Waals surface area contributed by atoms with Crippen LogP contribution in [-0.2, 0) is 31.6 Å². The molecule has 41 heavy (non-hydrogen) atoms. The fourth-order valence-corrected chi connectivity index (χ4v) is 7.89. The second-order valence-electron chi connectivity index (χ2n) is 10.8. The maximum absolute atomic E-state index is 14.2. The molecule has 2 aromatic carbocycles. The zero-order chi connectivity index (χ0) is 29.3. The van der Waals surface area contributed by atoms with Crippen molar-refractivity contribution in [2.24, 2.45) is 0 Å². The third-order valence-corrected chi connectivity index (χ3v) is 10.7. The minimum atomic E-state index is -4.13. The lowest BCUT2D eigenvalue weighted by molar-refractivity contribution is -0.143. The van der Waals surface area contributed by atoms with E-state index >= 15 is 0 Å². The van der Waals surface area contributed by atoms with E-state index in [2.05, 4.69) is 20.9 Å². The van der Waals surface area contributed by atoms with Crippen LogP contribution < -0.4 is 4.90 Å². The Labute approximate surface area is 255 Å². The molecule has 2 fully saturated rings. The van der Waals surface area contributed by atoms with E-state index in [1.807, 2.05) is 24.3 Å². The zero-order valence-corrected chi connectivity index (χ0v) is 25.8. The van der Waals surface area contributed by atoms with Crippen molar-refractivity contribution in [3.05, 3.63) is 68.7 Å². The number of rotatable bonds is 6. The first kappa shape index (κ1) is 28.6. The summed E-state index contributed by atoms with van der Waals surface area (Å²) in [6, 6.07) is 12.2. The number of nitrogens with zero attached hydrogens (tertiary/aromatic N) is 5. The lowest BCUT2D eigenvalue weighted by Gasteiger charge is -2.35. The van der Waals surface area contributed by atoms with Gasteiger partial charge in [-0.15, -0.1) is 0 Å². The Hall–Kier alpha value is -2.48. The molecule has 0 radical (unpaired) electrons. The lowest BCUT2D eigenvalue weighted by atomic mass is 9.92. The molecule has 3 aromatic rings. The van der Waals surface area contributed by atoms with Crippen molar-refractivity contribution in [3.63, 3.8) is 0 Å². The highest BCUT2D eigenvalue weighted by atomic mass is 79.9. The van der Waals surface area contributed by atoms with Gasteiger partial charge < -0.3 is 10.0 Å². The van der Waals surface area contributed by atoms with Crippen LogP contribution in [0.25, 0.3) is 0 Å². The second-order valence-corrected chi connectivity index (χ2v) is 14.5. The van der Waals surface area contributed by atoms with Gasteiger partial charge >= 0.3 is 0 Å². The molecule has 1 unspecified atom stereocenters. The molecule has 216 valence electrons. The standard InChI is InChI=1S/C27H26BrCl2N5O5S/c1-26(15-17-2-4-18(28)5-3-17)23(36)34(21-13-19(29)12-20(30)14-21)25-31-16-22(35(25)26)41(39,40)33-10-8-32(9-11-33)24(37)27(38)6-7-27/h2-5,12-14,16,38H,6-11,15H2,1H3. The van der Waals surface area contributed by atoms with Crippen molar-refractivity contribution in [1.82, 2.24) is 18.8 Å². The highest BCUT2D eigenvalue weighted by Crippen LogP contribution is 2.45. The van der Waals surface area contributed by atoms with Crippen molar-refractivity contribution in [2.45, 2.75) is 42.4 Å². The Kier molecular flexibility index (Phi) is 7.03. The number of benzene rings is 2. The van der Waals surface area contributed by atoms with Gasteiger partial charge in [-0.1, -0.05) is 51.3 Å². The average Bonchev–Trinajstić information content (AvgIpc) is 3.45. The fraction of sp³-hybridized carbons (Fsp3) is 0.370. The molecule has 1 N–H and O–H groups in total. The maximum Gasteiger partial charge on any atom is 0.260 e. The smallest absolute Gasteiger partial charge is 0.260 e. The topological polar surface area (TPSA) is 116 Å². The molecule has 0 bridgehead atoms. The molecule has 3 heterocycles. The number of hydrogen-bond acceptors (Lipinski definition) is 6. The van der Waals surface area contributed by atoms with Gasteiger partial charge in [0.05, 0.1) is 11.9 Å². The van der Waals surface area contributed by atoms with Crippen molar-refractivity contribution >= 4 is 72.6 Å². The minimum Gasteiger partial charge on any atom is -0.380 e. The van der Waals surface area contributed by atoms with Crippen LogP contribution in [0.2, 0.25) is 10.0 Å². The largest absolute Gasteiger partial charge is 0.380 e. The van der Waals surface area contributed by atoms with Gasteiger partial charge in [0.2, 0.25) is 5.95 Å². The summed E-state index contributed by atoms with van der Waals surface area (Å²) < 4.78 is 31.8. The van der Waals surface area contributed by atoms with Crippen molar-refractivity contribution in [1.29, 1.82) is 0 Å². The molecular weight excluding hydrogens is 657 g/mol. The quantitative estimate of drug-likeness (QED) is 0.421. The molecule has 2 amide bonds. The molecule has 3 aliphatic rings. The molecule has 1 saturated heterocycles. The van der Waals surface area contributed by atoms with Crippen LogP contribution in [0.5, 0.6) is 0 Å². The predicted molar refractivity (Wildman–Crippen MR) is 157 cm³/mol. The monoisotopic (exact) mass is 681 g/mol. The Bertz CT molecular complexity index is 1650. The van der Waals surface area contributed by atoms with Crippen molar-refractivity contribution in [3.8, 4) is 0 Å². The van der Waals surface area contributed by atoms with Gasteiger partial charge in [-0.3, -0.25) is 14.2 Å². The van der Waals surface area contributed by atoms with E-state index in [0.717, 1.165) is 10.0 Å². The predicted octanol–water partition coefficient (Wildman–Crippen LogP) is 3.95. The van der Waals surface area contributed by atoms with Crippen LogP contribution in [0.15, 0.2) is 58.2 Å². The SMILES string of the molecule is CC1(Cc2ccc(Br)cc2)C(=O)N(c2cc(Cl)cc(Cl)c2)c2ncc(S(=O)(=O)N3CCN(C(=O)C4(O)CC4)CC3)n21. The number of carbonyl (C=O) groups excluding carboxylic acids is 2. The van der Waals surface area contributed by atoms with E-state index in [0.29, 0.717) is 28.6 Å². The summed E-state index contributed by atoms with van der Waals surface area (Å²) in [5.74, 6) is -0.606. The highest BCUT2D eigenvalue weighted by molar-refractivity contribution is 9.10. The van der Waals surface area contributed by atoms with Crippen LogP contribution in [0.3, 0.4) is 0 Å². The first-order valence-electron chi connectivity index (χ1n) is 13.0. The normalized spacial score (nSPS) is 22.2. The van der Waals surface area contributed by atoms with Gasteiger partial charge in [0, 0.05) is 47.1 Å². The van der Waals surface area contributed by atoms with E-state index < -0.39 is 21.2 Å². The number of imidazole rings is 1. The number of aliphatic hydroxyl groups is 1. The molecule has 14 heteroatoms. The summed E-state index contributed by atoms with van der Waals surface area (Å²) in [5.41, 5.74) is -1.48. The molecule has 1 saturated carbocycles. The van der Waals surface area contributed by atoms with E-state index in [1.165, 1.54) is 24.9 Å². The number of aromatic nitrogens is 2. The number of amides is 2. The van der Waals surface area contributed by atoms with Gasteiger partial charge in [-0.2, -0.15) is 4.31 Å². The van der Waals surface area contributed by atoms with Crippen LogP contribution in [0.4, 0.5) is 11.6 Å². The summed E-state index contributed by atoms with van der Waals surface area (Å²) in [6.07, 6.45) is 2.30. The Morgan fingerprint density at radius 2 is 1.66 bits per heavy atom. The lowest BCUT2D eigenvalue weighted by Crippen LogP contribution is -2.53. The molecule has 6 rings (SSSR count). The third-order valence-electron chi connectivity index (χ3n) is 7.89. The van der Waals surface area contributed by atoms with Crippen LogP contribution in [0, 0.1) is 0 Å². The minimum absolute atomic E-state index is 0.0512. The summed E-state index contributed by atoms with van der Waals surface area (Å²) in [5, 5.41) is 10.7. The zero-order valence-electron chi connectivity index (χ0n) is 21.9. The van der Waals surface area contributed by atoms with Crippen molar-refractivity contribution in [2.75, 3.05) is 31.1 Å². The number of carbonyl (C=O) groups is 2. The summed E-state index contributed by atoms with van der Waals surface area (Å²) >= 11 is 16.0. The van der Waals surface area contributed by atoms with Gasteiger partial charge in [0.25, 0.3) is 21.8 Å². The highest BCUT2D eigenvalue weighted by Gasteiger charge is 2.53. The van der Waals surface area contributed by atoms with Crippen LogP contribution >= 0.6 is 39.1 Å². The summed E-state index contributed by atoms with van der Waals surface area (Å²) in [6.45, 7) is 2.11. The molecular formula is C27H26BrCl2N5O5S. The summed E-state index contributed by atoms with van der Waals surface area (Å²) in [7, 11) is -4.13. The van der Waals surface area contributed by atoms with Gasteiger partial charge in [0.1, 0.15) is 11.1 Å². The number of anilines is 2. The third kappa shape index (κ3) is 4.88. The van der Waals surface area contributed by atoms with Gasteiger partial charge in [-0.25, -0.2) is 18.3 Å². The average molecular weight is 683 g/mol. The second kappa shape index (κ2) is 10.1. The summed E-state index contributed by atoms with van der Waals surface area (Å²) in [4.78, 5) is 34.1. The van der Waals surface area contributed by atoms with Crippen LogP contribution in [-0.4, -0.2) is 75.9 Å². The van der Waals surface area contributed by atoms with E-state index in [4.69, 9.17) is 23.2 Å². The van der Waals surface area contributed by atoms with E-state index in [9.17, 15) is 23.1 Å². The van der Waals surface area contributed by atoms with E-state index in [1.54, 1.807) is 25.1 Å². The number of sulfonamides is 1. The van der Waals surface area contributed by atoms with Crippen molar-refractivity contribution < 1.29 is 23.1 Å². The van der Waals surface area contributed by atoms with Gasteiger partial charge in [-0.05, 0) is 55.7 Å². The molecule has 1 atom stereocenters. The molecule has 1 aromatic heterocycles. The number of piperazine rings is 1. The first-order valence-corrected chi connectivity index (χ1v) is 16.0. The Morgan fingerprint density at radius 1 is 1.05 bits per heavy atom. The first-order chi connectivity index (χ1) is 19.3.